The molecule has 0 aromatic heterocycles. The van der Waals surface area contributed by atoms with Crippen molar-refractivity contribution >= 4 is 5.69 Å². The first-order valence-electron chi connectivity index (χ1n) is 7.91. The highest BCUT2D eigenvalue weighted by Crippen LogP contribution is 2.14. The summed E-state index contributed by atoms with van der Waals surface area (Å²) in [5.41, 5.74) is 0.823. The van der Waals surface area contributed by atoms with E-state index in [0.717, 1.165) is 18.9 Å². The molecule has 2 fully saturated rings. The zero-order valence-corrected chi connectivity index (χ0v) is 13.1. The molecule has 2 atom stereocenters. The lowest BCUT2D eigenvalue weighted by molar-refractivity contribution is -0.112. The van der Waals surface area contributed by atoms with Crippen molar-refractivity contribution in [3.05, 3.63) is 30.3 Å². The van der Waals surface area contributed by atoms with Gasteiger partial charge in [0.25, 0.3) is 0 Å². The van der Waals surface area contributed by atoms with Crippen molar-refractivity contribution in [2.24, 2.45) is 0 Å². The third-order valence-electron chi connectivity index (χ3n) is 3.25. The van der Waals surface area contributed by atoms with Gasteiger partial charge in [0, 0.05) is 0 Å². The van der Waals surface area contributed by atoms with Gasteiger partial charge in [0.1, 0.15) is 25.4 Å². The molecule has 1 aromatic rings. The quantitative estimate of drug-likeness (QED) is 0.306. The fraction of sp³-hybridized carbons (Fsp3) is 0.625. The highest BCUT2D eigenvalue weighted by molar-refractivity contribution is 5.40. The largest absolute Gasteiger partial charge is 0.376 e. The highest BCUT2D eigenvalue weighted by Gasteiger charge is 2.22. The number of hydrogen-bond donors (Lipinski definition) is 0. The third-order valence-corrected chi connectivity index (χ3v) is 3.25. The summed E-state index contributed by atoms with van der Waals surface area (Å²) in [6.07, 6.45) is 0.535. The van der Waals surface area contributed by atoms with Gasteiger partial charge in [-0.1, -0.05) is 18.2 Å². The van der Waals surface area contributed by atoms with Crippen LogP contribution in [0, 0.1) is 0 Å². The maximum Gasteiger partial charge on any atom is 0.104 e. The van der Waals surface area contributed by atoms with Gasteiger partial charge >= 0.3 is 0 Å². The zero-order valence-electron chi connectivity index (χ0n) is 13.1. The smallest absolute Gasteiger partial charge is 0.104 e. The molecule has 1 aromatic carbocycles. The van der Waals surface area contributed by atoms with E-state index in [9.17, 15) is 0 Å². The van der Waals surface area contributed by atoms with Crippen LogP contribution in [-0.4, -0.2) is 65.1 Å². The van der Waals surface area contributed by atoms with E-state index in [1.165, 1.54) is 5.23 Å². The number of ether oxygens (including phenoxy) is 4. The van der Waals surface area contributed by atoms with Crippen molar-refractivity contribution in [1.29, 1.82) is 0 Å². The topological polar surface area (TPSA) is 65.2 Å². The summed E-state index contributed by atoms with van der Waals surface area (Å²) in [4.78, 5) is 11.3. The number of epoxide rings is 2. The predicted octanol–water partition coefficient (Wildman–Crippen LogP) is 1.19. The van der Waals surface area contributed by atoms with Crippen molar-refractivity contribution in [2.45, 2.75) is 12.2 Å². The molecule has 0 spiro atoms. The molecular weight excluding hydrogens is 302 g/mol. The maximum absolute atomic E-state index is 5.64. The van der Waals surface area contributed by atoms with E-state index < -0.39 is 0 Å². The monoisotopic (exact) mass is 325 g/mol. The number of hydrogen-bond acceptors (Lipinski definition) is 7. The van der Waals surface area contributed by atoms with Crippen LogP contribution >= 0.6 is 0 Å². The molecule has 2 heterocycles. The molecule has 2 saturated heterocycles. The Morgan fingerprint density at radius 1 is 0.826 bits per heavy atom. The van der Waals surface area contributed by atoms with E-state index in [4.69, 9.17) is 28.6 Å². The fourth-order valence-corrected chi connectivity index (χ4v) is 1.85. The molecular formula is C16H23NO6. The Balaban J connectivity index is 1.33. The zero-order chi connectivity index (χ0) is 15.7. The van der Waals surface area contributed by atoms with Gasteiger partial charge in [-0.25, -0.2) is 9.68 Å². The Kier molecular flexibility index (Phi) is 6.63. The van der Waals surface area contributed by atoms with Crippen LogP contribution in [0.2, 0.25) is 0 Å². The summed E-state index contributed by atoms with van der Waals surface area (Å²) >= 11 is 0. The summed E-state index contributed by atoms with van der Waals surface area (Å²) in [6, 6.07) is 9.63. The molecule has 2 aliphatic heterocycles. The van der Waals surface area contributed by atoms with E-state index in [-0.39, 0.29) is 12.2 Å². The minimum absolute atomic E-state index is 0.268. The van der Waals surface area contributed by atoms with Crippen LogP contribution in [0.15, 0.2) is 30.3 Å². The van der Waals surface area contributed by atoms with Gasteiger partial charge in [-0.2, -0.15) is 0 Å². The van der Waals surface area contributed by atoms with Gasteiger partial charge in [0.05, 0.1) is 45.3 Å². The lowest BCUT2D eigenvalue weighted by Gasteiger charge is -2.22. The Bertz CT molecular complexity index is 415. The Hall–Kier alpha value is -1.22. The first kappa shape index (κ1) is 16.6. The molecule has 0 amide bonds. The number of anilines is 1. The molecule has 0 bridgehead atoms. The Morgan fingerprint density at radius 2 is 1.35 bits per heavy atom. The summed E-state index contributed by atoms with van der Waals surface area (Å²) in [7, 11) is 0. The Labute approximate surface area is 135 Å². The van der Waals surface area contributed by atoms with Gasteiger partial charge in [-0.15, -0.1) is 5.23 Å². The van der Waals surface area contributed by atoms with Gasteiger partial charge in [-0.3, -0.25) is 0 Å². The molecule has 0 radical (unpaired) electrons. The second kappa shape index (κ2) is 9.17. The molecule has 0 N–H and O–H groups in total. The van der Waals surface area contributed by atoms with Gasteiger partial charge in [0.2, 0.25) is 0 Å². The first-order chi connectivity index (χ1) is 11.4. The third kappa shape index (κ3) is 6.82. The highest BCUT2D eigenvalue weighted by atomic mass is 17.0. The average Bonchev–Trinajstić information content (AvgIpc) is 3.47. The summed E-state index contributed by atoms with van der Waals surface area (Å²) in [6.45, 7) is 4.61. The van der Waals surface area contributed by atoms with Crippen LogP contribution in [0.1, 0.15) is 0 Å². The van der Waals surface area contributed by atoms with Crippen molar-refractivity contribution in [3.63, 3.8) is 0 Å². The van der Waals surface area contributed by atoms with Crippen LogP contribution in [0.25, 0.3) is 0 Å². The molecule has 23 heavy (non-hydrogen) atoms. The minimum atomic E-state index is 0.268. The second-order valence-corrected chi connectivity index (χ2v) is 5.32. The molecule has 2 aliphatic rings. The van der Waals surface area contributed by atoms with Crippen LogP contribution in [-0.2, 0) is 28.6 Å². The van der Waals surface area contributed by atoms with Gasteiger partial charge in [-0.05, 0) is 12.1 Å². The molecule has 7 heteroatoms. The normalized spacial score (nSPS) is 22.1. The van der Waals surface area contributed by atoms with E-state index in [1.54, 1.807) is 0 Å². The number of para-hydroxylation sites is 1. The number of benzene rings is 1. The lowest BCUT2D eigenvalue weighted by atomic mass is 10.3. The average molecular weight is 325 g/mol. The standard InChI is InChI=1S/C16H23NO6/c1-2-4-14(5-3-1)17(22-8-6-18-10-15-12-20-15)23-9-7-19-11-16-13-21-16/h1-5,15-16H,6-13H2. The predicted molar refractivity (Wildman–Crippen MR) is 81.9 cm³/mol. The molecule has 0 saturated carbocycles. The summed E-state index contributed by atoms with van der Waals surface area (Å²) < 4.78 is 21.1. The van der Waals surface area contributed by atoms with E-state index in [2.05, 4.69) is 0 Å². The van der Waals surface area contributed by atoms with Crippen molar-refractivity contribution in [2.75, 3.05) is 58.1 Å². The van der Waals surface area contributed by atoms with Crippen LogP contribution in [0.4, 0.5) is 5.69 Å². The summed E-state index contributed by atoms with van der Waals surface area (Å²) in [5, 5.41) is 1.41. The van der Waals surface area contributed by atoms with Crippen LogP contribution in [0.3, 0.4) is 0 Å². The van der Waals surface area contributed by atoms with Crippen molar-refractivity contribution in [3.8, 4) is 0 Å². The molecule has 3 rings (SSSR count). The number of rotatable bonds is 13. The lowest BCUT2D eigenvalue weighted by Crippen LogP contribution is -2.28. The fourth-order valence-electron chi connectivity index (χ4n) is 1.85. The summed E-state index contributed by atoms with van der Waals surface area (Å²) in [5.74, 6) is 0. The second-order valence-electron chi connectivity index (χ2n) is 5.32. The minimum Gasteiger partial charge on any atom is -0.376 e. The van der Waals surface area contributed by atoms with E-state index in [0.29, 0.717) is 39.6 Å². The van der Waals surface area contributed by atoms with E-state index >= 15 is 0 Å². The van der Waals surface area contributed by atoms with Crippen molar-refractivity contribution in [1.82, 2.24) is 0 Å². The Morgan fingerprint density at radius 3 is 1.83 bits per heavy atom. The van der Waals surface area contributed by atoms with Crippen LogP contribution in [0.5, 0.6) is 0 Å². The molecule has 0 aliphatic carbocycles. The number of nitrogens with zero attached hydrogens (tertiary/aromatic N) is 1. The molecule has 2 unspecified atom stereocenters. The van der Waals surface area contributed by atoms with Gasteiger partial charge < -0.3 is 18.9 Å². The SMILES string of the molecule is c1ccc(N(OCCOCC2CO2)OCCOCC2CO2)cc1. The van der Waals surface area contributed by atoms with E-state index in [1.807, 2.05) is 30.3 Å². The van der Waals surface area contributed by atoms with Crippen molar-refractivity contribution < 1.29 is 28.6 Å². The van der Waals surface area contributed by atoms with Gasteiger partial charge in [0.15, 0.2) is 0 Å². The van der Waals surface area contributed by atoms with Crippen LogP contribution < -0.4 is 5.23 Å². The first-order valence-corrected chi connectivity index (χ1v) is 7.91. The molecule has 7 nitrogen and oxygen atoms in total. The maximum atomic E-state index is 5.64. The molecule has 128 valence electrons.